The van der Waals surface area contributed by atoms with Crippen LogP contribution in [0.25, 0.3) is 0 Å². The number of nitrogens with one attached hydrogen (secondary N) is 8. The van der Waals surface area contributed by atoms with Crippen molar-refractivity contribution in [3.05, 3.63) is 23.5 Å². The van der Waals surface area contributed by atoms with Crippen LogP contribution in [0.5, 0.6) is 0 Å². The standard InChI is InChI=1S/C51H83N13O15/c1-10-13-14-15-16-17-19-26(6)39-41(69)49(77)60-38(25(4)5)48(76)57-30(12-3)44(72)59-32(23-36(53)67)46(74)56-29(11-2)43(71)58-31(22-35(52)66)45(73)55-27(7)42(70)62-40(28(8)65)51(79)63(9)34(24-37(54)68)50(78)64-21-18-20-33(64)47(75)61-39/h11-12,25-28,31-34,38-41,65,69H,10,13-24H2,1-9H3,(H2,52,66)(H2,53,67)(H2,54,68)(H,55,73)(H,56,74)(H,57,76)(H,58,71)(H,59,72)(H,60,77)(H,61,75)(H,62,70)/b29-11+,30-12+/t26-,27+,28+,31-,32-,33-,34-,38-,39+,40+,41+/m0/s1. The summed E-state index contributed by atoms with van der Waals surface area (Å²) in [6.07, 6.45) is 2.07. The zero-order valence-corrected chi connectivity index (χ0v) is 46.6. The number of aliphatic hydroxyl groups excluding tert-OH is 2. The van der Waals surface area contributed by atoms with E-state index in [0.717, 1.165) is 75.0 Å². The molecule has 0 aromatic heterocycles. The topological polar surface area (TPSA) is 443 Å². The zero-order valence-electron chi connectivity index (χ0n) is 46.6. The number of unbranched alkanes of at least 4 members (excludes halogenated alkanes) is 5. The van der Waals surface area contributed by atoms with Crippen LogP contribution in [0.3, 0.4) is 0 Å². The average Bonchev–Trinajstić information content (AvgIpc) is 3.88. The Bertz CT molecular complexity index is 2320. The summed E-state index contributed by atoms with van der Waals surface area (Å²) in [5.41, 5.74) is 15.3. The van der Waals surface area contributed by atoms with E-state index in [0.29, 0.717) is 12.8 Å². The van der Waals surface area contributed by atoms with Gasteiger partial charge in [0.05, 0.1) is 31.4 Å². The van der Waals surface area contributed by atoms with Gasteiger partial charge in [-0.05, 0) is 58.8 Å². The van der Waals surface area contributed by atoms with Gasteiger partial charge in [-0.3, -0.25) is 62.3 Å². The van der Waals surface area contributed by atoms with Crippen molar-refractivity contribution in [2.75, 3.05) is 13.6 Å². The van der Waals surface area contributed by atoms with Gasteiger partial charge in [0.25, 0.3) is 17.7 Å². The minimum atomic E-state index is -2.02. The fourth-order valence-corrected chi connectivity index (χ4v) is 8.89. The predicted octanol–water partition coefficient (Wildman–Crippen LogP) is -3.80. The third-order valence-corrected chi connectivity index (χ3v) is 13.6. The van der Waals surface area contributed by atoms with Crippen molar-refractivity contribution in [3.63, 3.8) is 0 Å². The lowest BCUT2D eigenvalue weighted by Gasteiger charge is -2.36. The smallest absolute Gasteiger partial charge is 0.268 e. The minimum Gasteiger partial charge on any atom is -0.391 e. The number of aliphatic hydroxyl groups is 2. The predicted molar refractivity (Wildman–Crippen MR) is 283 cm³/mol. The van der Waals surface area contributed by atoms with E-state index in [1.165, 1.54) is 13.8 Å². The first-order chi connectivity index (χ1) is 37.0. The van der Waals surface area contributed by atoms with Gasteiger partial charge in [-0.25, -0.2) is 0 Å². The Morgan fingerprint density at radius 1 is 0.633 bits per heavy atom. The Morgan fingerprint density at radius 3 is 1.65 bits per heavy atom. The summed E-state index contributed by atoms with van der Waals surface area (Å²) in [6, 6.07) is -12.9. The molecule has 0 aromatic rings. The van der Waals surface area contributed by atoms with Crippen LogP contribution in [-0.4, -0.2) is 171 Å². The fourth-order valence-electron chi connectivity index (χ4n) is 8.89. The average molecular weight is 1120 g/mol. The van der Waals surface area contributed by atoms with Crippen molar-refractivity contribution < 1.29 is 72.5 Å². The molecule has 79 heavy (non-hydrogen) atoms. The van der Waals surface area contributed by atoms with Crippen molar-refractivity contribution in [2.45, 2.75) is 193 Å². The Labute approximate surface area is 459 Å². The molecule has 2 fully saturated rings. The normalized spacial score (nSPS) is 27.3. The maximum atomic E-state index is 14.5. The molecule has 0 aliphatic carbocycles. The third-order valence-electron chi connectivity index (χ3n) is 13.6. The quantitative estimate of drug-likeness (QED) is 0.0521. The van der Waals surface area contributed by atoms with Crippen molar-refractivity contribution >= 4 is 76.8 Å². The van der Waals surface area contributed by atoms with Gasteiger partial charge in [-0.2, -0.15) is 0 Å². The molecule has 28 heteroatoms. The number of nitrogens with two attached hydrogens (primary N) is 3. The first-order valence-corrected chi connectivity index (χ1v) is 26.6. The van der Waals surface area contributed by atoms with Gasteiger partial charge in [0, 0.05) is 13.6 Å². The van der Waals surface area contributed by atoms with E-state index in [2.05, 4.69) is 49.5 Å². The number of amides is 13. The number of likely N-dealkylation sites (N-methyl/N-ethyl adjacent to an activating group) is 1. The molecule has 2 rings (SSSR count). The lowest BCUT2D eigenvalue weighted by atomic mass is 9.90. The molecule has 13 amide bonds. The summed E-state index contributed by atoms with van der Waals surface area (Å²) >= 11 is 0. The van der Waals surface area contributed by atoms with E-state index >= 15 is 0 Å². The Morgan fingerprint density at radius 2 is 1.14 bits per heavy atom. The number of carbonyl (C=O) groups excluding carboxylic acids is 13. The van der Waals surface area contributed by atoms with Crippen LogP contribution in [0.4, 0.5) is 0 Å². The van der Waals surface area contributed by atoms with Crippen LogP contribution in [0, 0.1) is 11.8 Å². The van der Waals surface area contributed by atoms with Gasteiger partial charge in [-0.1, -0.05) is 78.4 Å². The van der Waals surface area contributed by atoms with E-state index in [1.54, 1.807) is 20.8 Å². The maximum absolute atomic E-state index is 14.5. The Kier molecular flexibility index (Phi) is 27.7. The summed E-state index contributed by atoms with van der Waals surface area (Å²) in [7, 11) is 1.10. The van der Waals surface area contributed by atoms with Crippen LogP contribution in [-0.2, 0) is 62.3 Å². The van der Waals surface area contributed by atoms with E-state index in [4.69, 9.17) is 17.2 Å². The molecule has 2 aliphatic rings. The highest BCUT2D eigenvalue weighted by Gasteiger charge is 2.44. The lowest BCUT2D eigenvalue weighted by molar-refractivity contribution is -0.151. The molecule has 442 valence electrons. The molecule has 2 aliphatic heterocycles. The largest absolute Gasteiger partial charge is 0.391 e. The first-order valence-electron chi connectivity index (χ1n) is 26.6. The van der Waals surface area contributed by atoms with Gasteiger partial charge in [0.2, 0.25) is 59.1 Å². The van der Waals surface area contributed by atoms with E-state index in [1.807, 2.05) is 0 Å². The summed E-state index contributed by atoms with van der Waals surface area (Å²) in [4.78, 5) is 178. The second-order valence-electron chi connectivity index (χ2n) is 20.3. The van der Waals surface area contributed by atoms with Crippen LogP contribution in [0.2, 0.25) is 0 Å². The molecule has 11 atom stereocenters. The molecule has 28 nitrogen and oxygen atoms in total. The number of hydrogen-bond donors (Lipinski definition) is 13. The molecule has 2 heterocycles. The highest BCUT2D eigenvalue weighted by Crippen LogP contribution is 2.24. The number of allylic oxidation sites excluding steroid dienone is 2. The molecule has 16 N–H and O–H groups in total. The molecule has 0 aromatic carbocycles. The fraction of sp³-hybridized carbons (Fsp3) is 0.667. The third kappa shape index (κ3) is 20.7. The summed E-state index contributed by atoms with van der Waals surface area (Å²) in [5.74, 6) is -15.4. The number of carbonyl (C=O) groups is 13. The van der Waals surface area contributed by atoms with Crippen molar-refractivity contribution in [1.82, 2.24) is 52.3 Å². The van der Waals surface area contributed by atoms with E-state index in [-0.39, 0.29) is 19.4 Å². The number of primary amides is 3. The van der Waals surface area contributed by atoms with Crippen molar-refractivity contribution in [2.24, 2.45) is 29.0 Å². The summed E-state index contributed by atoms with van der Waals surface area (Å²) in [5, 5.41) is 41.5. The van der Waals surface area contributed by atoms with Crippen molar-refractivity contribution in [3.8, 4) is 0 Å². The summed E-state index contributed by atoms with van der Waals surface area (Å²) < 4.78 is 0. The number of fused-ring (bicyclic) bond motifs is 1. The van der Waals surface area contributed by atoms with Gasteiger partial charge < -0.3 is 79.7 Å². The second-order valence-corrected chi connectivity index (χ2v) is 20.3. The minimum absolute atomic E-state index is 0.0557. The molecule has 0 spiro atoms. The highest BCUT2D eigenvalue weighted by atomic mass is 16.3. The van der Waals surface area contributed by atoms with Crippen LogP contribution >= 0.6 is 0 Å². The maximum Gasteiger partial charge on any atom is 0.268 e. The molecule has 0 unspecified atom stereocenters. The molecule has 0 bridgehead atoms. The molecular formula is C51H83N13O15. The lowest BCUT2D eigenvalue weighted by Crippen LogP contribution is -2.62. The van der Waals surface area contributed by atoms with E-state index in [9.17, 15) is 72.5 Å². The van der Waals surface area contributed by atoms with Gasteiger partial charge >= 0.3 is 0 Å². The Hall–Kier alpha value is -7.49. The molecule has 0 radical (unpaired) electrons. The highest BCUT2D eigenvalue weighted by molar-refractivity contribution is 6.05. The van der Waals surface area contributed by atoms with Gasteiger partial charge in [-0.15, -0.1) is 0 Å². The number of hydrogen-bond acceptors (Lipinski definition) is 15. The number of nitrogens with zero attached hydrogens (tertiary/aromatic N) is 2. The first kappa shape index (κ1) is 67.6. The van der Waals surface area contributed by atoms with Gasteiger partial charge in [0.15, 0.2) is 6.10 Å². The van der Waals surface area contributed by atoms with E-state index < -0.39 is 180 Å². The SMILES string of the molecule is C/C=C1/NC(=O)[C@H](CC(N)=O)NC(=O)/C(=C\C)NC(=O)[C@H](C(C)C)NC(=O)[C@H](O)[C@@H]([C@@H](C)CCCCCCCC)NC(=O)[C@@H]2CCCN2C(=O)[C@H](CC(N)=O)N(C)C(=O)[C@@H]([C@@H](C)O)NC(=O)[C@@H](C)NC(=O)[C@H](CC(N)=O)NC1=O. The number of rotatable bonds is 16. The Balaban J connectivity index is 2.81. The second kappa shape index (κ2) is 32.4. The van der Waals surface area contributed by atoms with Crippen molar-refractivity contribution in [1.29, 1.82) is 0 Å². The van der Waals surface area contributed by atoms with Crippen LogP contribution in [0.15, 0.2) is 23.5 Å². The molecular weight excluding hydrogens is 1030 g/mol. The van der Waals surface area contributed by atoms with Crippen LogP contribution in [0.1, 0.15) is 132 Å². The molecule has 2 saturated heterocycles. The van der Waals surface area contributed by atoms with Crippen LogP contribution < -0.4 is 59.7 Å². The van der Waals surface area contributed by atoms with Gasteiger partial charge in [0.1, 0.15) is 53.7 Å². The zero-order chi connectivity index (χ0) is 60.0. The summed E-state index contributed by atoms with van der Waals surface area (Å²) in [6.45, 7) is 11.7. The molecule has 0 saturated carbocycles. The monoisotopic (exact) mass is 1120 g/mol.